The van der Waals surface area contributed by atoms with Gasteiger partial charge in [-0.2, -0.15) is 0 Å². The van der Waals surface area contributed by atoms with Crippen LogP contribution in [0.3, 0.4) is 0 Å². The van der Waals surface area contributed by atoms with Crippen molar-refractivity contribution in [3.8, 4) is 5.75 Å². The van der Waals surface area contributed by atoms with Gasteiger partial charge in [0.1, 0.15) is 11.3 Å². The largest absolute Gasteiger partial charge is 0.478 e. The number of ether oxygens (including phenoxy) is 1. The second-order valence-electron chi connectivity index (χ2n) is 4.40. The summed E-state index contributed by atoms with van der Waals surface area (Å²) in [6.07, 6.45) is -0.654. The average molecular weight is 285 g/mol. The molecule has 2 aromatic carbocycles. The van der Waals surface area contributed by atoms with Crippen LogP contribution in [-0.4, -0.2) is 23.2 Å². The van der Waals surface area contributed by atoms with E-state index in [9.17, 15) is 9.59 Å². The zero-order valence-corrected chi connectivity index (χ0v) is 11.4. The second-order valence-corrected chi connectivity index (χ2v) is 4.40. The minimum absolute atomic E-state index is 0.0540. The van der Waals surface area contributed by atoms with Crippen molar-refractivity contribution in [1.29, 1.82) is 0 Å². The van der Waals surface area contributed by atoms with Gasteiger partial charge in [-0.3, -0.25) is 4.79 Å². The Morgan fingerprint density at radius 3 is 2.33 bits per heavy atom. The summed E-state index contributed by atoms with van der Waals surface area (Å²) in [7, 11) is 0. The maximum Gasteiger partial charge on any atom is 0.339 e. The van der Waals surface area contributed by atoms with Gasteiger partial charge in [0.2, 0.25) is 0 Å². The summed E-state index contributed by atoms with van der Waals surface area (Å²) >= 11 is 0. The van der Waals surface area contributed by atoms with E-state index < -0.39 is 12.2 Å². The molecule has 2 N–H and O–H groups in total. The van der Waals surface area contributed by atoms with Crippen LogP contribution in [0.1, 0.15) is 27.6 Å². The highest BCUT2D eigenvalue weighted by Gasteiger charge is 2.15. The summed E-state index contributed by atoms with van der Waals surface area (Å²) in [5.74, 6) is -1.14. The minimum atomic E-state index is -1.08. The van der Waals surface area contributed by atoms with Crippen LogP contribution in [0.4, 0.5) is 0 Å². The molecular formula is C16H15NO4. The second kappa shape index (κ2) is 6.56. The van der Waals surface area contributed by atoms with Gasteiger partial charge < -0.3 is 15.2 Å². The van der Waals surface area contributed by atoms with E-state index >= 15 is 0 Å². The lowest BCUT2D eigenvalue weighted by Gasteiger charge is -2.17. The predicted octanol–water partition coefficient (Wildman–Crippen LogP) is 2.54. The molecule has 0 aliphatic rings. The fourth-order valence-corrected chi connectivity index (χ4v) is 1.82. The summed E-state index contributed by atoms with van der Waals surface area (Å²) in [4.78, 5) is 23.0. The number of carboxylic acid groups (broad SMARTS) is 1. The van der Waals surface area contributed by atoms with Gasteiger partial charge in [-0.15, -0.1) is 0 Å². The molecule has 0 aliphatic heterocycles. The highest BCUT2D eigenvalue weighted by molar-refractivity contribution is 5.94. The van der Waals surface area contributed by atoms with E-state index in [1.54, 1.807) is 49.4 Å². The van der Waals surface area contributed by atoms with Crippen molar-refractivity contribution < 1.29 is 19.4 Å². The molecular weight excluding hydrogens is 270 g/mol. The first kappa shape index (κ1) is 14.6. The maximum absolute atomic E-state index is 12.0. The number of aromatic carboxylic acids is 1. The van der Waals surface area contributed by atoms with Crippen molar-refractivity contribution in [2.75, 3.05) is 0 Å². The number of hydrogen-bond acceptors (Lipinski definition) is 3. The van der Waals surface area contributed by atoms with E-state index in [1.807, 2.05) is 6.07 Å². The highest BCUT2D eigenvalue weighted by Crippen LogP contribution is 2.18. The summed E-state index contributed by atoms with van der Waals surface area (Å²) in [5, 5.41) is 11.7. The van der Waals surface area contributed by atoms with E-state index in [0.29, 0.717) is 5.56 Å². The summed E-state index contributed by atoms with van der Waals surface area (Å²) in [6.45, 7) is 1.64. The molecule has 5 heteroatoms. The van der Waals surface area contributed by atoms with Crippen LogP contribution in [0.15, 0.2) is 54.6 Å². The van der Waals surface area contributed by atoms with Gasteiger partial charge >= 0.3 is 5.97 Å². The molecule has 0 saturated heterocycles. The third-order valence-corrected chi connectivity index (χ3v) is 2.79. The van der Waals surface area contributed by atoms with E-state index in [4.69, 9.17) is 9.84 Å². The van der Waals surface area contributed by atoms with Gasteiger partial charge in [-0.1, -0.05) is 30.3 Å². The lowest BCUT2D eigenvalue weighted by Crippen LogP contribution is -2.36. The Balaban J connectivity index is 2.04. The molecule has 108 valence electrons. The number of para-hydroxylation sites is 1. The number of nitrogens with one attached hydrogen (secondary N) is 1. The predicted molar refractivity (Wildman–Crippen MR) is 77.4 cm³/mol. The lowest BCUT2D eigenvalue weighted by atomic mass is 10.2. The highest BCUT2D eigenvalue weighted by atomic mass is 16.5. The SMILES string of the molecule is CC(NC(=O)c1ccccc1)Oc1ccccc1C(=O)O. The lowest BCUT2D eigenvalue weighted by molar-refractivity contribution is 0.0687. The molecule has 0 spiro atoms. The molecule has 2 aromatic rings. The minimum Gasteiger partial charge on any atom is -0.478 e. The van der Waals surface area contributed by atoms with E-state index in [0.717, 1.165) is 0 Å². The maximum atomic E-state index is 12.0. The molecule has 21 heavy (non-hydrogen) atoms. The molecule has 0 aliphatic carbocycles. The molecule has 0 fully saturated rings. The number of benzene rings is 2. The number of carbonyl (C=O) groups excluding carboxylic acids is 1. The standard InChI is InChI=1S/C16H15NO4/c1-11(17-15(18)12-7-3-2-4-8-12)21-14-10-6-5-9-13(14)16(19)20/h2-11H,1H3,(H,17,18)(H,19,20). The van der Waals surface area contributed by atoms with Gasteiger partial charge in [0.15, 0.2) is 6.23 Å². The molecule has 0 bridgehead atoms. The molecule has 0 saturated carbocycles. The first-order chi connectivity index (χ1) is 10.1. The first-order valence-corrected chi connectivity index (χ1v) is 6.43. The van der Waals surface area contributed by atoms with Gasteiger partial charge in [-0.05, 0) is 31.2 Å². The Kier molecular flexibility index (Phi) is 4.56. The molecule has 2 rings (SSSR count). The Morgan fingerprint density at radius 2 is 1.67 bits per heavy atom. The van der Waals surface area contributed by atoms with E-state index in [2.05, 4.69) is 5.32 Å². The number of rotatable bonds is 5. The van der Waals surface area contributed by atoms with Crippen molar-refractivity contribution >= 4 is 11.9 Å². The molecule has 5 nitrogen and oxygen atoms in total. The Bertz CT molecular complexity index is 640. The Morgan fingerprint density at radius 1 is 1.05 bits per heavy atom. The van der Waals surface area contributed by atoms with Crippen LogP contribution in [0.25, 0.3) is 0 Å². The number of hydrogen-bond donors (Lipinski definition) is 2. The number of carbonyl (C=O) groups is 2. The first-order valence-electron chi connectivity index (χ1n) is 6.43. The fraction of sp³-hybridized carbons (Fsp3) is 0.125. The van der Waals surface area contributed by atoms with E-state index in [1.165, 1.54) is 6.07 Å². The average Bonchev–Trinajstić information content (AvgIpc) is 2.48. The topological polar surface area (TPSA) is 75.6 Å². The summed E-state index contributed by atoms with van der Waals surface area (Å²) in [5.41, 5.74) is 0.567. The smallest absolute Gasteiger partial charge is 0.339 e. The zero-order valence-electron chi connectivity index (χ0n) is 11.4. The quantitative estimate of drug-likeness (QED) is 0.828. The summed E-state index contributed by atoms with van der Waals surface area (Å²) < 4.78 is 5.49. The van der Waals surface area contributed by atoms with Gasteiger partial charge in [0.25, 0.3) is 5.91 Å². The molecule has 0 heterocycles. The van der Waals surface area contributed by atoms with Crippen LogP contribution in [0.5, 0.6) is 5.75 Å². The molecule has 0 aromatic heterocycles. The summed E-state index contributed by atoms with van der Waals surface area (Å²) in [6, 6.07) is 15.0. The van der Waals surface area contributed by atoms with Gasteiger partial charge in [0.05, 0.1) is 0 Å². The van der Waals surface area contributed by atoms with Crippen LogP contribution >= 0.6 is 0 Å². The Labute approximate surface area is 122 Å². The van der Waals surface area contributed by atoms with Crippen LogP contribution in [-0.2, 0) is 0 Å². The third-order valence-electron chi connectivity index (χ3n) is 2.79. The van der Waals surface area contributed by atoms with Crippen LogP contribution in [0, 0.1) is 0 Å². The zero-order chi connectivity index (χ0) is 15.2. The van der Waals surface area contributed by atoms with Crippen molar-refractivity contribution in [2.24, 2.45) is 0 Å². The fourth-order valence-electron chi connectivity index (χ4n) is 1.82. The molecule has 1 atom stereocenters. The van der Waals surface area contributed by atoms with Crippen molar-refractivity contribution in [1.82, 2.24) is 5.32 Å². The molecule has 1 unspecified atom stereocenters. The van der Waals surface area contributed by atoms with Gasteiger partial charge in [0, 0.05) is 5.56 Å². The molecule has 1 amide bonds. The molecule has 0 radical (unpaired) electrons. The number of amides is 1. The van der Waals surface area contributed by atoms with Crippen LogP contribution < -0.4 is 10.1 Å². The van der Waals surface area contributed by atoms with Crippen molar-refractivity contribution in [2.45, 2.75) is 13.2 Å². The van der Waals surface area contributed by atoms with Gasteiger partial charge in [-0.25, -0.2) is 4.79 Å². The Hall–Kier alpha value is -2.82. The van der Waals surface area contributed by atoms with Crippen molar-refractivity contribution in [3.63, 3.8) is 0 Å². The van der Waals surface area contributed by atoms with Crippen LogP contribution in [0.2, 0.25) is 0 Å². The third kappa shape index (κ3) is 3.82. The normalized spacial score (nSPS) is 11.5. The van der Waals surface area contributed by atoms with E-state index in [-0.39, 0.29) is 17.2 Å². The monoisotopic (exact) mass is 285 g/mol. The van der Waals surface area contributed by atoms with Crippen molar-refractivity contribution in [3.05, 3.63) is 65.7 Å². The number of carboxylic acids is 1.